The fourth-order valence-corrected chi connectivity index (χ4v) is 2.52. The molecule has 17 heavy (non-hydrogen) atoms. The largest absolute Gasteiger partial charge is 0.324 e. The summed E-state index contributed by atoms with van der Waals surface area (Å²) in [6, 6.07) is 8.64. The summed E-state index contributed by atoms with van der Waals surface area (Å²) >= 11 is 0. The molecule has 1 aromatic heterocycles. The van der Waals surface area contributed by atoms with E-state index >= 15 is 0 Å². The predicted octanol–water partition coefficient (Wildman–Crippen LogP) is 2.21. The topological polar surface area (TPSA) is 51.8 Å². The van der Waals surface area contributed by atoms with E-state index in [1.807, 2.05) is 12.4 Å². The van der Waals surface area contributed by atoms with Crippen molar-refractivity contribution in [3.8, 4) is 0 Å². The summed E-state index contributed by atoms with van der Waals surface area (Å²) in [5.74, 6) is 0.599. The quantitative estimate of drug-likeness (QED) is 0.871. The van der Waals surface area contributed by atoms with Crippen LogP contribution in [0.25, 0.3) is 0 Å². The monoisotopic (exact) mass is 225 g/mol. The Balaban J connectivity index is 1.70. The van der Waals surface area contributed by atoms with Crippen LogP contribution in [0.4, 0.5) is 0 Å². The lowest BCUT2D eigenvalue weighted by atomic mass is 9.74. The summed E-state index contributed by atoms with van der Waals surface area (Å²) in [5, 5.41) is 0. The smallest absolute Gasteiger partial charge is 0.115 e. The molecule has 0 saturated carbocycles. The Morgan fingerprint density at radius 1 is 1.24 bits per heavy atom. The highest BCUT2D eigenvalue weighted by molar-refractivity contribution is 5.40. The van der Waals surface area contributed by atoms with E-state index in [0.29, 0.717) is 5.92 Å². The van der Waals surface area contributed by atoms with Crippen molar-refractivity contribution < 1.29 is 0 Å². The highest BCUT2D eigenvalue weighted by atomic mass is 14.8. The van der Waals surface area contributed by atoms with Gasteiger partial charge in [0.25, 0.3) is 0 Å². The normalized spacial score (nSPS) is 19.2. The molecule has 2 atom stereocenters. The number of rotatable bonds is 3. The fraction of sp³-hybridized carbons (Fsp3) is 0.286. The van der Waals surface area contributed by atoms with Gasteiger partial charge in [0.05, 0.1) is 0 Å². The van der Waals surface area contributed by atoms with Crippen molar-refractivity contribution in [1.29, 1.82) is 0 Å². The van der Waals surface area contributed by atoms with Crippen LogP contribution in [-0.4, -0.2) is 9.97 Å². The summed E-state index contributed by atoms with van der Waals surface area (Å²) in [7, 11) is 0. The average Bonchev–Trinajstić information content (AvgIpc) is 2.37. The van der Waals surface area contributed by atoms with Crippen LogP contribution in [0.1, 0.15) is 35.1 Å². The van der Waals surface area contributed by atoms with Crippen LogP contribution < -0.4 is 5.73 Å². The molecule has 3 nitrogen and oxygen atoms in total. The molecular weight excluding hydrogens is 210 g/mol. The zero-order valence-electron chi connectivity index (χ0n) is 9.58. The molecule has 86 valence electrons. The van der Waals surface area contributed by atoms with E-state index < -0.39 is 0 Å². The Morgan fingerprint density at radius 3 is 2.76 bits per heavy atom. The Bertz CT molecular complexity index is 510. The van der Waals surface area contributed by atoms with Gasteiger partial charge in [-0.05, 0) is 29.9 Å². The molecule has 0 bridgehead atoms. The van der Waals surface area contributed by atoms with E-state index in [1.165, 1.54) is 17.5 Å². The average molecular weight is 225 g/mol. The van der Waals surface area contributed by atoms with Crippen molar-refractivity contribution >= 4 is 0 Å². The fourth-order valence-electron chi connectivity index (χ4n) is 2.52. The summed E-state index contributed by atoms with van der Waals surface area (Å²) in [6.45, 7) is 0. The van der Waals surface area contributed by atoms with Crippen LogP contribution in [0.3, 0.4) is 0 Å². The first-order valence-corrected chi connectivity index (χ1v) is 5.93. The number of nitrogens with two attached hydrogens (primary N) is 1. The van der Waals surface area contributed by atoms with Gasteiger partial charge in [0.2, 0.25) is 0 Å². The van der Waals surface area contributed by atoms with E-state index in [-0.39, 0.29) is 6.04 Å². The van der Waals surface area contributed by atoms with Gasteiger partial charge in [0.15, 0.2) is 0 Å². The van der Waals surface area contributed by atoms with Crippen LogP contribution in [-0.2, 0) is 6.42 Å². The molecule has 1 aliphatic rings. The molecule has 0 radical (unpaired) electrons. The molecule has 0 fully saturated rings. The zero-order chi connectivity index (χ0) is 11.7. The standard InChI is InChI=1S/C14H15N3/c15-14(12-7-16-9-17-8-12)6-11-5-10-3-1-2-4-13(10)11/h1-4,7-9,11,14H,5-6,15H2. The van der Waals surface area contributed by atoms with Gasteiger partial charge in [-0.25, -0.2) is 9.97 Å². The zero-order valence-corrected chi connectivity index (χ0v) is 9.58. The maximum absolute atomic E-state index is 6.18. The minimum atomic E-state index is 0.0366. The molecule has 3 heteroatoms. The van der Waals surface area contributed by atoms with Gasteiger partial charge in [0, 0.05) is 24.0 Å². The molecule has 2 aromatic rings. The maximum atomic E-state index is 6.18. The first kappa shape index (κ1) is 10.4. The van der Waals surface area contributed by atoms with Crippen molar-refractivity contribution in [1.82, 2.24) is 9.97 Å². The summed E-state index contributed by atoms with van der Waals surface area (Å²) in [4.78, 5) is 8.02. The van der Waals surface area contributed by atoms with E-state index in [1.54, 1.807) is 0 Å². The molecule has 2 unspecified atom stereocenters. The molecule has 2 N–H and O–H groups in total. The lowest BCUT2D eigenvalue weighted by molar-refractivity contribution is 0.497. The number of benzene rings is 1. The predicted molar refractivity (Wildman–Crippen MR) is 66.5 cm³/mol. The van der Waals surface area contributed by atoms with Gasteiger partial charge < -0.3 is 5.73 Å². The molecule has 3 rings (SSSR count). The second-order valence-corrected chi connectivity index (χ2v) is 4.61. The molecule has 0 spiro atoms. The van der Waals surface area contributed by atoms with Crippen molar-refractivity contribution in [2.75, 3.05) is 0 Å². The van der Waals surface area contributed by atoms with Crippen LogP contribution in [0, 0.1) is 0 Å². The van der Waals surface area contributed by atoms with Gasteiger partial charge >= 0.3 is 0 Å². The number of nitrogens with zero attached hydrogens (tertiary/aromatic N) is 2. The first-order chi connectivity index (χ1) is 8.34. The third-order valence-electron chi connectivity index (χ3n) is 3.51. The minimum absolute atomic E-state index is 0.0366. The molecule has 1 heterocycles. The summed E-state index contributed by atoms with van der Waals surface area (Å²) in [5.41, 5.74) is 10.1. The number of hydrogen-bond acceptors (Lipinski definition) is 3. The Hall–Kier alpha value is -1.74. The van der Waals surface area contributed by atoms with Crippen molar-refractivity contribution in [2.45, 2.75) is 24.8 Å². The number of aromatic nitrogens is 2. The number of hydrogen-bond donors (Lipinski definition) is 1. The van der Waals surface area contributed by atoms with Crippen LogP contribution >= 0.6 is 0 Å². The van der Waals surface area contributed by atoms with Gasteiger partial charge in [-0.1, -0.05) is 24.3 Å². The second kappa shape index (κ2) is 4.26. The molecule has 1 aromatic carbocycles. The van der Waals surface area contributed by atoms with Crippen LogP contribution in [0.15, 0.2) is 43.0 Å². The van der Waals surface area contributed by atoms with Gasteiger partial charge in [-0.2, -0.15) is 0 Å². The summed E-state index contributed by atoms with van der Waals surface area (Å²) < 4.78 is 0. The maximum Gasteiger partial charge on any atom is 0.115 e. The SMILES string of the molecule is NC(CC1Cc2ccccc21)c1cncnc1. The van der Waals surface area contributed by atoms with Crippen LogP contribution in [0.2, 0.25) is 0 Å². The van der Waals surface area contributed by atoms with Crippen molar-refractivity contribution in [2.24, 2.45) is 5.73 Å². The van der Waals surface area contributed by atoms with Crippen molar-refractivity contribution in [3.05, 3.63) is 59.7 Å². The third-order valence-corrected chi connectivity index (χ3v) is 3.51. The number of fused-ring (bicyclic) bond motifs is 1. The van der Waals surface area contributed by atoms with Crippen molar-refractivity contribution in [3.63, 3.8) is 0 Å². The first-order valence-electron chi connectivity index (χ1n) is 5.93. The van der Waals surface area contributed by atoms with E-state index in [9.17, 15) is 0 Å². The highest BCUT2D eigenvalue weighted by Crippen LogP contribution is 2.39. The Labute approximate surface area is 101 Å². The van der Waals surface area contributed by atoms with E-state index in [2.05, 4.69) is 34.2 Å². The van der Waals surface area contributed by atoms with Gasteiger partial charge in [-0.3, -0.25) is 0 Å². The van der Waals surface area contributed by atoms with E-state index in [0.717, 1.165) is 18.4 Å². The summed E-state index contributed by atoms with van der Waals surface area (Å²) in [6.07, 6.45) is 7.28. The van der Waals surface area contributed by atoms with Gasteiger partial charge in [0.1, 0.15) is 6.33 Å². The lowest BCUT2D eigenvalue weighted by Crippen LogP contribution is -2.22. The highest BCUT2D eigenvalue weighted by Gasteiger charge is 2.27. The Kier molecular flexibility index (Phi) is 2.61. The minimum Gasteiger partial charge on any atom is -0.324 e. The van der Waals surface area contributed by atoms with E-state index in [4.69, 9.17) is 5.73 Å². The molecule has 0 aliphatic heterocycles. The second-order valence-electron chi connectivity index (χ2n) is 4.61. The third kappa shape index (κ3) is 1.94. The van der Waals surface area contributed by atoms with Gasteiger partial charge in [-0.15, -0.1) is 0 Å². The molecular formula is C14H15N3. The molecule has 1 aliphatic carbocycles. The lowest BCUT2D eigenvalue weighted by Gasteiger charge is -2.32. The Morgan fingerprint density at radius 2 is 2.00 bits per heavy atom. The van der Waals surface area contributed by atoms with Crippen LogP contribution in [0.5, 0.6) is 0 Å². The molecule has 0 amide bonds. The molecule has 0 saturated heterocycles.